The Hall–Kier alpha value is -3.18. The summed E-state index contributed by atoms with van der Waals surface area (Å²) >= 11 is 6.14. The molecule has 1 N–H and O–H groups in total. The van der Waals surface area contributed by atoms with Crippen molar-refractivity contribution in [3.8, 4) is 17.2 Å². The number of carbonyl (C=O) groups excluding carboxylic acids is 1. The molecule has 0 bridgehead atoms. The van der Waals surface area contributed by atoms with E-state index in [0.717, 1.165) is 22.4 Å². The molecule has 0 radical (unpaired) electrons. The van der Waals surface area contributed by atoms with Crippen molar-refractivity contribution in [3.05, 3.63) is 81.9 Å². The highest BCUT2D eigenvalue weighted by molar-refractivity contribution is 6.32. The number of halogens is 1. The second kappa shape index (κ2) is 9.55. The largest absolute Gasteiger partial charge is 0.496 e. The minimum absolute atomic E-state index is 0.258. The maximum Gasteiger partial charge on any atom is 0.255 e. The molecule has 0 spiro atoms. The average Bonchev–Trinajstić information content (AvgIpc) is 2.71. The lowest BCUT2D eigenvalue weighted by atomic mass is 10.1. The average molecular weight is 426 g/mol. The Labute approximate surface area is 181 Å². The van der Waals surface area contributed by atoms with E-state index >= 15 is 0 Å². The smallest absolute Gasteiger partial charge is 0.255 e. The predicted octanol–water partition coefficient (Wildman–Crippen LogP) is 5.81. The van der Waals surface area contributed by atoms with Crippen LogP contribution < -0.4 is 19.5 Å². The Morgan fingerprint density at radius 2 is 1.57 bits per heavy atom. The zero-order valence-corrected chi connectivity index (χ0v) is 18.2. The van der Waals surface area contributed by atoms with Crippen LogP contribution in [0.1, 0.15) is 27.0 Å². The fourth-order valence-corrected chi connectivity index (χ4v) is 3.42. The molecule has 0 atom stereocenters. The van der Waals surface area contributed by atoms with Crippen molar-refractivity contribution in [1.29, 1.82) is 0 Å². The van der Waals surface area contributed by atoms with Gasteiger partial charge in [-0.15, -0.1) is 0 Å². The second-order valence-electron chi connectivity index (χ2n) is 6.94. The zero-order valence-electron chi connectivity index (χ0n) is 17.4. The van der Waals surface area contributed by atoms with Gasteiger partial charge in [-0.25, -0.2) is 0 Å². The first-order chi connectivity index (χ1) is 14.4. The van der Waals surface area contributed by atoms with E-state index in [4.69, 9.17) is 25.8 Å². The van der Waals surface area contributed by atoms with Crippen LogP contribution in [0.15, 0.2) is 54.6 Å². The van der Waals surface area contributed by atoms with Gasteiger partial charge in [0, 0.05) is 16.8 Å². The van der Waals surface area contributed by atoms with Gasteiger partial charge in [0.1, 0.15) is 23.9 Å². The summed E-state index contributed by atoms with van der Waals surface area (Å²) in [5.41, 5.74) is 4.10. The Balaban J connectivity index is 1.77. The fraction of sp³-hybridized carbons (Fsp3) is 0.208. The highest BCUT2D eigenvalue weighted by Crippen LogP contribution is 2.28. The first-order valence-electron chi connectivity index (χ1n) is 9.42. The van der Waals surface area contributed by atoms with Crippen LogP contribution in [0.5, 0.6) is 17.2 Å². The lowest BCUT2D eigenvalue weighted by molar-refractivity contribution is 0.102. The third-order valence-electron chi connectivity index (χ3n) is 4.54. The van der Waals surface area contributed by atoms with Crippen LogP contribution in [0, 0.1) is 13.8 Å². The molecule has 6 heteroatoms. The van der Waals surface area contributed by atoms with Gasteiger partial charge in [0.15, 0.2) is 0 Å². The van der Waals surface area contributed by atoms with E-state index in [1.165, 1.54) is 0 Å². The molecular weight excluding hydrogens is 402 g/mol. The number of ether oxygens (including phenoxy) is 3. The minimum atomic E-state index is -0.258. The van der Waals surface area contributed by atoms with Crippen molar-refractivity contribution >= 4 is 23.2 Å². The van der Waals surface area contributed by atoms with Crippen molar-refractivity contribution in [3.63, 3.8) is 0 Å². The standard InChI is InChI=1S/C24H24ClNO4/c1-15-9-16(2)11-20(10-15)30-14-18-12-17(5-7-22(18)28-3)24(27)26-19-6-8-23(29-4)21(25)13-19/h5-13H,14H2,1-4H3,(H,26,27). The molecule has 3 rings (SSSR count). The molecule has 1 amide bonds. The number of hydrogen-bond donors (Lipinski definition) is 1. The Kier molecular flexibility index (Phi) is 6.85. The first-order valence-corrected chi connectivity index (χ1v) is 9.80. The van der Waals surface area contributed by atoms with Gasteiger partial charge in [-0.3, -0.25) is 4.79 Å². The number of methoxy groups -OCH3 is 2. The van der Waals surface area contributed by atoms with Gasteiger partial charge in [-0.05, 0) is 73.5 Å². The quantitative estimate of drug-likeness (QED) is 0.519. The number of amides is 1. The third kappa shape index (κ3) is 5.24. The summed E-state index contributed by atoms with van der Waals surface area (Å²) in [7, 11) is 3.13. The predicted molar refractivity (Wildman–Crippen MR) is 119 cm³/mol. The highest BCUT2D eigenvalue weighted by atomic mass is 35.5. The number of aryl methyl sites for hydroxylation is 2. The van der Waals surface area contributed by atoms with Gasteiger partial charge >= 0.3 is 0 Å². The summed E-state index contributed by atoms with van der Waals surface area (Å²) < 4.78 is 16.5. The molecule has 0 saturated heterocycles. The summed E-state index contributed by atoms with van der Waals surface area (Å²) in [5.74, 6) is 1.72. The maximum absolute atomic E-state index is 12.7. The summed E-state index contributed by atoms with van der Waals surface area (Å²) in [6.45, 7) is 4.33. The van der Waals surface area contributed by atoms with Gasteiger partial charge in [0.25, 0.3) is 5.91 Å². The Morgan fingerprint density at radius 1 is 0.900 bits per heavy atom. The van der Waals surface area contributed by atoms with Gasteiger partial charge in [0.2, 0.25) is 0 Å². The van der Waals surface area contributed by atoms with Crippen molar-refractivity contribution in [2.24, 2.45) is 0 Å². The van der Waals surface area contributed by atoms with Crippen LogP contribution in [0.4, 0.5) is 5.69 Å². The van der Waals surface area contributed by atoms with Gasteiger partial charge in [-0.1, -0.05) is 17.7 Å². The van der Waals surface area contributed by atoms with E-state index in [0.29, 0.717) is 27.8 Å². The summed E-state index contributed by atoms with van der Waals surface area (Å²) in [5, 5.41) is 3.27. The number of carbonyl (C=O) groups is 1. The normalized spacial score (nSPS) is 10.4. The number of anilines is 1. The summed E-state index contributed by atoms with van der Waals surface area (Å²) in [4.78, 5) is 12.7. The molecule has 30 heavy (non-hydrogen) atoms. The number of nitrogens with one attached hydrogen (secondary N) is 1. The van der Waals surface area contributed by atoms with Gasteiger partial charge < -0.3 is 19.5 Å². The van der Waals surface area contributed by atoms with Crippen LogP contribution in [-0.2, 0) is 6.61 Å². The SMILES string of the molecule is COc1ccc(NC(=O)c2ccc(OC)c(COc3cc(C)cc(C)c3)c2)cc1Cl. The molecular formula is C24H24ClNO4. The molecule has 0 heterocycles. The summed E-state index contributed by atoms with van der Waals surface area (Å²) in [6, 6.07) is 16.4. The lowest BCUT2D eigenvalue weighted by Gasteiger charge is -2.13. The monoisotopic (exact) mass is 425 g/mol. The van der Waals surface area contributed by atoms with Crippen LogP contribution in [0.3, 0.4) is 0 Å². The molecule has 0 aliphatic heterocycles. The molecule has 0 fully saturated rings. The number of rotatable bonds is 7. The number of hydrogen-bond acceptors (Lipinski definition) is 4. The van der Waals surface area contributed by atoms with Crippen LogP contribution in [0.25, 0.3) is 0 Å². The molecule has 0 saturated carbocycles. The molecule has 3 aromatic rings. The Morgan fingerprint density at radius 3 is 2.20 bits per heavy atom. The van der Waals surface area contributed by atoms with E-state index < -0.39 is 0 Å². The van der Waals surface area contributed by atoms with E-state index in [1.54, 1.807) is 50.6 Å². The second-order valence-corrected chi connectivity index (χ2v) is 7.35. The minimum Gasteiger partial charge on any atom is -0.496 e. The van der Waals surface area contributed by atoms with Crippen LogP contribution >= 0.6 is 11.6 Å². The third-order valence-corrected chi connectivity index (χ3v) is 4.84. The first kappa shape index (κ1) is 21.5. The van der Waals surface area contributed by atoms with Gasteiger partial charge in [-0.2, -0.15) is 0 Å². The number of benzene rings is 3. The summed E-state index contributed by atoms with van der Waals surface area (Å²) in [6.07, 6.45) is 0. The molecule has 0 aliphatic rings. The topological polar surface area (TPSA) is 56.8 Å². The van der Waals surface area contributed by atoms with Crippen molar-refractivity contribution in [2.45, 2.75) is 20.5 Å². The molecule has 0 aliphatic carbocycles. The van der Waals surface area contributed by atoms with Crippen molar-refractivity contribution in [2.75, 3.05) is 19.5 Å². The molecule has 5 nitrogen and oxygen atoms in total. The van der Waals surface area contributed by atoms with Crippen LogP contribution in [-0.4, -0.2) is 20.1 Å². The van der Waals surface area contributed by atoms with E-state index in [1.807, 2.05) is 26.0 Å². The molecule has 156 valence electrons. The van der Waals surface area contributed by atoms with Crippen LogP contribution in [0.2, 0.25) is 5.02 Å². The fourth-order valence-electron chi connectivity index (χ4n) is 3.16. The van der Waals surface area contributed by atoms with Crippen molar-refractivity contribution in [1.82, 2.24) is 0 Å². The maximum atomic E-state index is 12.7. The Bertz CT molecular complexity index is 1040. The molecule has 3 aromatic carbocycles. The van der Waals surface area contributed by atoms with E-state index in [9.17, 15) is 4.79 Å². The zero-order chi connectivity index (χ0) is 21.7. The van der Waals surface area contributed by atoms with Gasteiger partial charge in [0.05, 0.1) is 19.2 Å². The lowest BCUT2D eigenvalue weighted by Crippen LogP contribution is -2.13. The van der Waals surface area contributed by atoms with E-state index in [-0.39, 0.29) is 12.5 Å². The highest BCUT2D eigenvalue weighted by Gasteiger charge is 2.12. The molecule has 0 unspecified atom stereocenters. The van der Waals surface area contributed by atoms with Crippen molar-refractivity contribution < 1.29 is 19.0 Å². The molecule has 0 aromatic heterocycles. The van der Waals surface area contributed by atoms with E-state index in [2.05, 4.69) is 11.4 Å².